The Labute approximate surface area is 102 Å². The average molecular weight is 236 g/mol. The van der Waals surface area contributed by atoms with E-state index in [4.69, 9.17) is 5.11 Å². The lowest BCUT2D eigenvalue weighted by Gasteiger charge is -2.30. The molecule has 0 aliphatic rings. The van der Waals surface area contributed by atoms with E-state index in [9.17, 15) is 9.90 Å². The van der Waals surface area contributed by atoms with Crippen molar-refractivity contribution in [1.82, 2.24) is 0 Å². The van der Waals surface area contributed by atoms with Crippen molar-refractivity contribution >= 4 is 5.97 Å². The SMILES string of the molecule is CC(C)C(O)(CCc1ccccc1)CC(=O)O. The second-order valence-corrected chi connectivity index (χ2v) is 4.81. The van der Waals surface area contributed by atoms with Crippen molar-refractivity contribution in [2.75, 3.05) is 0 Å². The van der Waals surface area contributed by atoms with E-state index in [1.54, 1.807) is 0 Å². The van der Waals surface area contributed by atoms with Crippen molar-refractivity contribution in [1.29, 1.82) is 0 Å². The Balaban J connectivity index is 2.65. The van der Waals surface area contributed by atoms with Crippen molar-refractivity contribution in [3.05, 3.63) is 35.9 Å². The van der Waals surface area contributed by atoms with Crippen molar-refractivity contribution < 1.29 is 15.0 Å². The first-order chi connectivity index (χ1) is 7.94. The summed E-state index contributed by atoms with van der Waals surface area (Å²) in [7, 11) is 0. The van der Waals surface area contributed by atoms with Gasteiger partial charge >= 0.3 is 5.97 Å². The Hall–Kier alpha value is -1.35. The minimum Gasteiger partial charge on any atom is -0.481 e. The molecule has 1 rings (SSSR count). The van der Waals surface area contributed by atoms with Gasteiger partial charge in [-0.15, -0.1) is 0 Å². The number of rotatable bonds is 6. The Morgan fingerprint density at radius 3 is 2.35 bits per heavy atom. The molecule has 0 saturated heterocycles. The maximum Gasteiger partial charge on any atom is 0.306 e. The highest BCUT2D eigenvalue weighted by Crippen LogP contribution is 2.27. The van der Waals surface area contributed by atoms with E-state index in [1.807, 2.05) is 44.2 Å². The first-order valence-corrected chi connectivity index (χ1v) is 5.92. The van der Waals surface area contributed by atoms with Gasteiger partial charge < -0.3 is 10.2 Å². The number of carboxylic acids is 1. The number of benzene rings is 1. The van der Waals surface area contributed by atoms with Gasteiger partial charge in [-0.1, -0.05) is 44.2 Å². The van der Waals surface area contributed by atoms with Crippen LogP contribution in [0.2, 0.25) is 0 Å². The van der Waals surface area contributed by atoms with E-state index in [0.29, 0.717) is 12.8 Å². The number of carbonyl (C=O) groups is 1. The molecule has 1 unspecified atom stereocenters. The summed E-state index contributed by atoms with van der Waals surface area (Å²) in [5, 5.41) is 19.2. The predicted molar refractivity (Wildman–Crippen MR) is 66.8 cm³/mol. The molecule has 0 aliphatic heterocycles. The van der Waals surface area contributed by atoms with Crippen LogP contribution in [0.3, 0.4) is 0 Å². The van der Waals surface area contributed by atoms with Gasteiger partial charge in [0, 0.05) is 0 Å². The molecule has 0 aliphatic carbocycles. The molecule has 0 aromatic heterocycles. The van der Waals surface area contributed by atoms with E-state index in [-0.39, 0.29) is 12.3 Å². The van der Waals surface area contributed by atoms with Gasteiger partial charge in [0.05, 0.1) is 12.0 Å². The van der Waals surface area contributed by atoms with Crippen LogP contribution >= 0.6 is 0 Å². The topological polar surface area (TPSA) is 57.5 Å². The number of aliphatic hydroxyl groups is 1. The molecular weight excluding hydrogens is 216 g/mol. The van der Waals surface area contributed by atoms with Crippen LogP contribution in [-0.2, 0) is 11.2 Å². The first-order valence-electron chi connectivity index (χ1n) is 5.92. The zero-order chi connectivity index (χ0) is 12.9. The lowest BCUT2D eigenvalue weighted by atomic mass is 9.82. The van der Waals surface area contributed by atoms with Crippen LogP contribution in [0.5, 0.6) is 0 Å². The van der Waals surface area contributed by atoms with E-state index < -0.39 is 11.6 Å². The van der Waals surface area contributed by atoms with Crippen LogP contribution in [0.25, 0.3) is 0 Å². The molecule has 0 bridgehead atoms. The quantitative estimate of drug-likeness (QED) is 0.797. The Bertz CT molecular complexity index is 359. The maximum absolute atomic E-state index is 10.8. The molecule has 0 radical (unpaired) electrons. The third-order valence-electron chi connectivity index (χ3n) is 3.22. The van der Waals surface area contributed by atoms with Gasteiger partial charge in [0.25, 0.3) is 0 Å². The molecule has 1 atom stereocenters. The second kappa shape index (κ2) is 5.82. The van der Waals surface area contributed by atoms with E-state index in [1.165, 1.54) is 0 Å². The van der Waals surface area contributed by atoms with Crippen LogP contribution in [0.1, 0.15) is 32.3 Å². The standard InChI is InChI=1S/C14H20O3/c1-11(2)14(17,10-13(15)16)9-8-12-6-4-3-5-7-12/h3-7,11,17H,8-10H2,1-2H3,(H,15,16). The molecule has 3 nitrogen and oxygen atoms in total. The van der Waals surface area contributed by atoms with Crippen LogP contribution in [0.15, 0.2) is 30.3 Å². The molecule has 94 valence electrons. The molecule has 0 spiro atoms. The molecule has 0 saturated carbocycles. The minimum atomic E-state index is -1.12. The number of hydrogen-bond acceptors (Lipinski definition) is 2. The van der Waals surface area contributed by atoms with Crippen molar-refractivity contribution in [3.8, 4) is 0 Å². The maximum atomic E-state index is 10.8. The molecule has 0 heterocycles. The van der Waals surface area contributed by atoms with Gasteiger partial charge in [0.1, 0.15) is 0 Å². The van der Waals surface area contributed by atoms with Crippen molar-refractivity contribution in [3.63, 3.8) is 0 Å². The molecule has 17 heavy (non-hydrogen) atoms. The molecule has 0 fully saturated rings. The van der Waals surface area contributed by atoms with Gasteiger partial charge in [0.2, 0.25) is 0 Å². The predicted octanol–water partition coefficient (Wildman–Crippen LogP) is 2.48. The highest BCUT2D eigenvalue weighted by molar-refractivity contribution is 5.68. The fourth-order valence-electron chi connectivity index (χ4n) is 1.85. The third kappa shape index (κ3) is 4.19. The summed E-state index contributed by atoms with van der Waals surface area (Å²) in [6.07, 6.45) is 0.973. The van der Waals surface area contributed by atoms with Crippen molar-refractivity contribution in [2.24, 2.45) is 5.92 Å². The molecule has 1 aromatic rings. The summed E-state index contributed by atoms with van der Waals surface area (Å²) in [6.45, 7) is 3.71. The highest BCUT2D eigenvalue weighted by atomic mass is 16.4. The molecule has 3 heteroatoms. The lowest BCUT2D eigenvalue weighted by Crippen LogP contribution is -2.38. The van der Waals surface area contributed by atoms with E-state index >= 15 is 0 Å². The van der Waals surface area contributed by atoms with Crippen LogP contribution < -0.4 is 0 Å². The Kier molecular flexibility index (Phi) is 4.70. The van der Waals surface area contributed by atoms with Crippen molar-refractivity contribution in [2.45, 2.75) is 38.7 Å². The number of aliphatic carboxylic acids is 1. The van der Waals surface area contributed by atoms with Crippen LogP contribution in [0, 0.1) is 5.92 Å². The monoisotopic (exact) mass is 236 g/mol. The van der Waals surface area contributed by atoms with Crippen LogP contribution in [-0.4, -0.2) is 21.8 Å². The third-order valence-corrected chi connectivity index (χ3v) is 3.22. The summed E-state index contributed by atoms with van der Waals surface area (Å²) >= 11 is 0. The minimum absolute atomic E-state index is 0.0673. The van der Waals surface area contributed by atoms with Gasteiger partial charge in [0.15, 0.2) is 0 Å². The summed E-state index contributed by atoms with van der Waals surface area (Å²) in [5.74, 6) is -1.02. The number of hydrogen-bond donors (Lipinski definition) is 2. The fourth-order valence-corrected chi connectivity index (χ4v) is 1.85. The van der Waals surface area contributed by atoms with Gasteiger partial charge in [-0.25, -0.2) is 0 Å². The normalized spacial score (nSPS) is 14.6. The summed E-state index contributed by atoms with van der Waals surface area (Å²) < 4.78 is 0. The second-order valence-electron chi connectivity index (χ2n) is 4.81. The van der Waals surface area contributed by atoms with E-state index in [0.717, 1.165) is 5.56 Å². The summed E-state index contributed by atoms with van der Waals surface area (Å²) in [6, 6.07) is 9.81. The molecule has 2 N–H and O–H groups in total. The lowest BCUT2D eigenvalue weighted by molar-refractivity contribution is -0.145. The Morgan fingerprint density at radius 1 is 1.29 bits per heavy atom. The van der Waals surface area contributed by atoms with E-state index in [2.05, 4.69) is 0 Å². The summed E-state index contributed by atoms with van der Waals surface area (Å²) in [4.78, 5) is 10.8. The molecule has 1 aromatic carbocycles. The van der Waals surface area contributed by atoms with Crippen LogP contribution in [0.4, 0.5) is 0 Å². The Morgan fingerprint density at radius 2 is 1.88 bits per heavy atom. The van der Waals surface area contributed by atoms with Gasteiger partial charge in [-0.3, -0.25) is 4.79 Å². The van der Waals surface area contributed by atoms with Gasteiger partial charge in [-0.05, 0) is 24.3 Å². The number of aryl methyl sites for hydroxylation is 1. The largest absolute Gasteiger partial charge is 0.481 e. The first kappa shape index (κ1) is 13.7. The zero-order valence-corrected chi connectivity index (χ0v) is 10.4. The fraction of sp³-hybridized carbons (Fsp3) is 0.500. The van der Waals surface area contributed by atoms with Gasteiger partial charge in [-0.2, -0.15) is 0 Å². The number of carboxylic acid groups (broad SMARTS) is 1. The summed E-state index contributed by atoms with van der Waals surface area (Å²) in [5.41, 5.74) is -0.00115. The molecule has 0 amide bonds. The average Bonchev–Trinajstić information content (AvgIpc) is 2.27. The smallest absolute Gasteiger partial charge is 0.306 e. The highest BCUT2D eigenvalue weighted by Gasteiger charge is 2.33. The molecular formula is C14H20O3. The zero-order valence-electron chi connectivity index (χ0n) is 10.4.